The van der Waals surface area contributed by atoms with E-state index in [1.807, 2.05) is 6.92 Å². The van der Waals surface area contributed by atoms with Gasteiger partial charge < -0.3 is 9.84 Å². The fourth-order valence-corrected chi connectivity index (χ4v) is 1.47. The molecule has 0 unspecified atom stereocenters. The number of phenolic OH excluding ortho intramolecular Hbond substituents is 1. The predicted octanol–water partition coefficient (Wildman–Crippen LogP) is 2.58. The van der Waals surface area contributed by atoms with Crippen molar-refractivity contribution in [3.05, 3.63) is 22.7 Å². The number of phenols is 1. The van der Waals surface area contributed by atoms with Crippen molar-refractivity contribution in [1.29, 1.82) is 0 Å². The molecule has 1 N–H and O–H groups in total. The lowest BCUT2D eigenvalue weighted by atomic mass is 10.1. The van der Waals surface area contributed by atoms with E-state index < -0.39 is 0 Å². The number of Topliss-reactive ketones (excluding diaryl/α,β-unsaturated/α-hetero) is 1. The normalized spacial score (nSPS) is 10.1. The number of rotatable bonds is 4. The van der Waals surface area contributed by atoms with Gasteiger partial charge in [0, 0.05) is 12.8 Å². The van der Waals surface area contributed by atoms with Crippen molar-refractivity contribution in [2.75, 3.05) is 7.11 Å². The fraction of sp³-hybridized carbons (Fsp3) is 0.364. The third-order valence-corrected chi connectivity index (χ3v) is 2.39. The molecule has 1 aromatic rings. The van der Waals surface area contributed by atoms with Gasteiger partial charge in [-0.2, -0.15) is 0 Å². The van der Waals surface area contributed by atoms with Gasteiger partial charge in [0.25, 0.3) is 0 Å². The highest BCUT2D eigenvalue weighted by molar-refractivity contribution is 6.32. The smallest absolute Gasteiger partial charge is 0.176 e. The Morgan fingerprint density at radius 1 is 1.53 bits per heavy atom. The first kappa shape index (κ1) is 11.9. The molecule has 0 aliphatic heterocycles. The number of methoxy groups -OCH3 is 1. The first-order valence-corrected chi connectivity index (χ1v) is 5.03. The average Bonchev–Trinajstić information content (AvgIpc) is 2.22. The van der Waals surface area contributed by atoms with Crippen LogP contribution in [0.25, 0.3) is 0 Å². The zero-order valence-electron chi connectivity index (χ0n) is 8.71. The molecule has 0 aromatic heterocycles. The van der Waals surface area contributed by atoms with Crippen LogP contribution >= 0.6 is 11.6 Å². The van der Waals surface area contributed by atoms with Crippen molar-refractivity contribution in [1.82, 2.24) is 0 Å². The number of aromatic hydroxyl groups is 1. The molecular weight excluding hydrogens is 216 g/mol. The topological polar surface area (TPSA) is 46.5 Å². The van der Waals surface area contributed by atoms with E-state index in [9.17, 15) is 9.90 Å². The van der Waals surface area contributed by atoms with Crippen molar-refractivity contribution >= 4 is 17.4 Å². The van der Waals surface area contributed by atoms with E-state index in [1.54, 1.807) is 12.1 Å². The second-order valence-corrected chi connectivity index (χ2v) is 3.60. The molecule has 0 saturated carbocycles. The third kappa shape index (κ3) is 2.86. The summed E-state index contributed by atoms with van der Waals surface area (Å²) >= 11 is 5.78. The summed E-state index contributed by atoms with van der Waals surface area (Å²) < 4.78 is 4.94. The van der Waals surface area contributed by atoms with Crippen molar-refractivity contribution in [3.8, 4) is 11.5 Å². The van der Waals surface area contributed by atoms with Gasteiger partial charge >= 0.3 is 0 Å². The standard InChI is InChI=1S/C11H13ClO3/c1-3-8(13)4-7-5-9(12)11(14)10(6-7)15-2/h5-6,14H,3-4H2,1-2H3. The zero-order valence-corrected chi connectivity index (χ0v) is 9.47. The largest absolute Gasteiger partial charge is 0.503 e. The van der Waals surface area contributed by atoms with Gasteiger partial charge in [0.05, 0.1) is 12.1 Å². The molecule has 0 aliphatic carbocycles. The number of carbonyl (C=O) groups is 1. The quantitative estimate of drug-likeness (QED) is 0.862. The lowest BCUT2D eigenvalue weighted by Gasteiger charge is -2.07. The van der Waals surface area contributed by atoms with Crippen LogP contribution in [0.15, 0.2) is 12.1 Å². The second-order valence-electron chi connectivity index (χ2n) is 3.20. The lowest BCUT2D eigenvalue weighted by Crippen LogP contribution is -2.00. The molecule has 0 spiro atoms. The number of hydrogen-bond donors (Lipinski definition) is 1. The average molecular weight is 229 g/mol. The van der Waals surface area contributed by atoms with Gasteiger partial charge in [0.15, 0.2) is 11.5 Å². The van der Waals surface area contributed by atoms with Gasteiger partial charge in [-0.25, -0.2) is 0 Å². The molecule has 0 radical (unpaired) electrons. The maximum absolute atomic E-state index is 11.2. The Hall–Kier alpha value is -1.22. The molecule has 0 atom stereocenters. The Kier molecular flexibility index (Phi) is 3.97. The molecule has 15 heavy (non-hydrogen) atoms. The van der Waals surface area contributed by atoms with Crippen LogP contribution in [-0.2, 0) is 11.2 Å². The highest BCUT2D eigenvalue weighted by Gasteiger charge is 2.10. The number of hydrogen-bond acceptors (Lipinski definition) is 3. The van der Waals surface area contributed by atoms with E-state index in [-0.39, 0.29) is 16.6 Å². The first-order valence-electron chi connectivity index (χ1n) is 4.65. The monoisotopic (exact) mass is 228 g/mol. The van der Waals surface area contributed by atoms with Crippen LogP contribution in [0.1, 0.15) is 18.9 Å². The zero-order chi connectivity index (χ0) is 11.4. The summed E-state index contributed by atoms with van der Waals surface area (Å²) in [5, 5.41) is 9.67. The number of benzene rings is 1. The van der Waals surface area contributed by atoms with Gasteiger partial charge in [0.2, 0.25) is 0 Å². The summed E-state index contributed by atoms with van der Waals surface area (Å²) in [5.41, 5.74) is 0.751. The molecule has 1 aromatic carbocycles. The molecule has 0 fully saturated rings. The SMILES string of the molecule is CCC(=O)Cc1cc(Cl)c(O)c(OC)c1. The number of halogens is 1. The Morgan fingerprint density at radius 2 is 2.20 bits per heavy atom. The van der Waals surface area contributed by atoms with E-state index >= 15 is 0 Å². The van der Waals surface area contributed by atoms with Crippen LogP contribution in [-0.4, -0.2) is 18.0 Å². The maximum Gasteiger partial charge on any atom is 0.176 e. The number of ether oxygens (including phenoxy) is 1. The van der Waals surface area contributed by atoms with Crippen LogP contribution in [0.2, 0.25) is 5.02 Å². The molecule has 1 rings (SSSR count). The Balaban J connectivity index is 3.00. The lowest BCUT2D eigenvalue weighted by molar-refractivity contribution is -0.118. The summed E-state index contributed by atoms with van der Waals surface area (Å²) in [4.78, 5) is 11.2. The molecule has 0 bridgehead atoms. The second kappa shape index (κ2) is 5.03. The van der Waals surface area contributed by atoms with Crippen LogP contribution in [0.4, 0.5) is 0 Å². The van der Waals surface area contributed by atoms with E-state index in [4.69, 9.17) is 16.3 Å². The third-order valence-electron chi connectivity index (χ3n) is 2.10. The van der Waals surface area contributed by atoms with Gasteiger partial charge in [-0.1, -0.05) is 18.5 Å². The van der Waals surface area contributed by atoms with Crippen LogP contribution in [0.3, 0.4) is 0 Å². The fourth-order valence-electron chi connectivity index (χ4n) is 1.24. The van der Waals surface area contributed by atoms with Gasteiger partial charge in [-0.05, 0) is 17.7 Å². The van der Waals surface area contributed by atoms with Crippen LogP contribution < -0.4 is 4.74 Å². The summed E-state index contributed by atoms with van der Waals surface area (Å²) in [6, 6.07) is 3.20. The van der Waals surface area contributed by atoms with Crippen LogP contribution in [0, 0.1) is 0 Å². The van der Waals surface area contributed by atoms with Crippen LogP contribution in [0.5, 0.6) is 11.5 Å². The van der Waals surface area contributed by atoms with Crippen molar-refractivity contribution in [3.63, 3.8) is 0 Å². The molecular formula is C11H13ClO3. The molecule has 0 saturated heterocycles. The molecule has 82 valence electrons. The summed E-state index contributed by atoms with van der Waals surface area (Å²) in [5.74, 6) is 0.326. The van der Waals surface area contributed by atoms with Crippen molar-refractivity contribution < 1.29 is 14.6 Å². The summed E-state index contributed by atoms with van der Waals surface area (Å²) in [6.07, 6.45) is 0.799. The summed E-state index contributed by atoms with van der Waals surface area (Å²) in [6.45, 7) is 1.81. The molecule has 0 amide bonds. The maximum atomic E-state index is 11.2. The van der Waals surface area contributed by atoms with Crippen molar-refractivity contribution in [2.45, 2.75) is 19.8 Å². The van der Waals surface area contributed by atoms with Gasteiger partial charge in [0.1, 0.15) is 5.78 Å². The number of carbonyl (C=O) groups excluding carboxylic acids is 1. The molecule has 0 aliphatic rings. The van der Waals surface area contributed by atoms with Crippen molar-refractivity contribution in [2.24, 2.45) is 0 Å². The van der Waals surface area contributed by atoms with E-state index in [0.717, 1.165) is 5.56 Å². The van der Waals surface area contributed by atoms with E-state index in [2.05, 4.69) is 0 Å². The predicted molar refractivity (Wildman–Crippen MR) is 58.7 cm³/mol. The van der Waals surface area contributed by atoms with E-state index in [0.29, 0.717) is 18.6 Å². The number of ketones is 1. The van der Waals surface area contributed by atoms with Gasteiger partial charge in [-0.15, -0.1) is 0 Å². The molecule has 4 heteroatoms. The minimum absolute atomic E-state index is 0.0909. The minimum atomic E-state index is -0.0909. The minimum Gasteiger partial charge on any atom is -0.503 e. The molecule has 0 heterocycles. The molecule has 3 nitrogen and oxygen atoms in total. The Morgan fingerprint density at radius 3 is 2.73 bits per heavy atom. The van der Waals surface area contributed by atoms with Gasteiger partial charge in [-0.3, -0.25) is 4.79 Å². The Bertz CT molecular complexity index is 374. The highest BCUT2D eigenvalue weighted by atomic mass is 35.5. The highest BCUT2D eigenvalue weighted by Crippen LogP contribution is 2.35. The summed E-state index contributed by atoms with van der Waals surface area (Å²) in [7, 11) is 1.44. The van der Waals surface area contributed by atoms with E-state index in [1.165, 1.54) is 7.11 Å². The Labute approximate surface area is 93.6 Å². The first-order chi connectivity index (χ1) is 7.08.